The van der Waals surface area contributed by atoms with Gasteiger partial charge in [0.25, 0.3) is 0 Å². The van der Waals surface area contributed by atoms with E-state index in [-0.39, 0.29) is 25.8 Å². The molecule has 0 aliphatic carbocycles. The Hall–Kier alpha value is -1.19. The maximum absolute atomic E-state index is 10.7. The molecule has 0 aromatic heterocycles. The Kier molecular flexibility index (Phi) is 15.5. The Bertz CT molecular complexity index is 375. The predicted octanol–water partition coefficient (Wildman–Crippen LogP) is 0.725. The van der Waals surface area contributed by atoms with Crippen LogP contribution in [-0.4, -0.2) is 61.8 Å². The number of hydrogen-bond donors (Lipinski definition) is 4. The summed E-state index contributed by atoms with van der Waals surface area (Å²) >= 11 is 0. The lowest BCUT2D eigenvalue weighted by molar-refractivity contribution is 0.0985. The monoisotopic (exact) mass is 342 g/mol. The van der Waals surface area contributed by atoms with E-state index in [0.717, 1.165) is 0 Å². The number of aromatic hydroxyl groups is 1. The number of aliphatic hydroxyl groups excluding tert-OH is 3. The van der Waals surface area contributed by atoms with Crippen LogP contribution in [0.15, 0.2) is 24.3 Å². The van der Waals surface area contributed by atoms with E-state index in [1.807, 2.05) is 0 Å². The summed E-state index contributed by atoms with van der Waals surface area (Å²) in [6.45, 7) is -0.592. The molecule has 0 saturated heterocycles. The number of rotatable bonds is 6. The summed E-state index contributed by atoms with van der Waals surface area (Å²) in [7, 11) is 0.611. The van der Waals surface area contributed by atoms with E-state index in [1.54, 1.807) is 12.1 Å². The number of benzene rings is 1. The zero-order valence-corrected chi connectivity index (χ0v) is 13.6. The lowest BCUT2D eigenvalue weighted by atomic mass is 10.3. The maximum Gasteiger partial charge on any atom is 0.473 e. The molecular formula is C12H23O9P. The highest BCUT2D eigenvalue weighted by Gasteiger charge is 2.18. The van der Waals surface area contributed by atoms with Gasteiger partial charge >= 0.3 is 7.82 Å². The molecule has 1 aromatic carbocycles. The first-order valence-corrected chi connectivity index (χ1v) is 7.40. The number of hydrogen-bond acceptors (Lipinski definition) is 9. The molecule has 4 N–H and O–H groups in total. The average molecular weight is 342 g/mol. The Morgan fingerprint density at radius 2 is 1.32 bits per heavy atom. The van der Waals surface area contributed by atoms with Crippen molar-refractivity contribution < 1.29 is 43.3 Å². The zero-order valence-electron chi connectivity index (χ0n) is 12.7. The van der Waals surface area contributed by atoms with Gasteiger partial charge < -0.3 is 25.2 Å². The van der Waals surface area contributed by atoms with Crippen molar-refractivity contribution in [2.75, 3.05) is 41.3 Å². The Morgan fingerprint density at radius 1 is 0.909 bits per heavy atom. The lowest BCUT2D eigenvalue weighted by Gasteiger charge is -2.08. The minimum absolute atomic E-state index is 0.125. The molecule has 9 nitrogen and oxygen atoms in total. The molecule has 22 heavy (non-hydrogen) atoms. The summed E-state index contributed by atoms with van der Waals surface area (Å²) in [5.41, 5.74) is 0. The minimum Gasteiger partial charge on any atom is -0.508 e. The van der Waals surface area contributed by atoms with Crippen molar-refractivity contribution in [1.29, 1.82) is 0 Å². The third-order valence-electron chi connectivity index (χ3n) is 1.84. The summed E-state index contributed by atoms with van der Waals surface area (Å²) < 4.78 is 28.4. The van der Waals surface area contributed by atoms with Crippen LogP contribution in [0.3, 0.4) is 0 Å². The molecule has 0 heterocycles. The van der Waals surface area contributed by atoms with Gasteiger partial charge in [-0.05, 0) is 24.3 Å². The number of phenolic OH excluding ortho intramolecular Hbond substituents is 1. The highest BCUT2D eigenvalue weighted by Crippen LogP contribution is 2.46. The molecule has 0 fully saturated rings. The van der Waals surface area contributed by atoms with E-state index >= 15 is 0 Å². The molecule has 0 spiro atoms. The molecule has 0 saturated carbocycles. The van der Waals surface area contributed by atoms with E-state index in [2.05, 4.69) is 13.6 Å². The van der Waals surface area contributed by atoms with Crippen LogP contribution in [0.4, 0.5) is 0 Å². The average Bonchev–Trinajstić information content (AvgIpc) is 2.57. The molecule has 0 bridgehead atoms. The van der Waals surface area contributed by atoms with Crippen LogP contribution < -0.4 is 4.74 Å². The van der Waals surface area contributed by atoms with Crippen molar-refractivity contribution in [2.24, 2.45) is 0 Å². The van der Waals surface area contributed by atoms with E-state index in [4.69, 9.17) is 25.2 Å². The number of ether oxygens (including phenoxy) is 1. The molecule has 1 rings (SSSR count). The molecule has 0 radical (unpaired) electrons. The normalized spacial score (nSPS) is 9.91. The van der Waals surface area contributed by atoms with Crippen LogP contribution in [0.5, 0.6) is 11.5 Å². The lowest BCUT2D eigenvalue weighted by Crippen LogP contribution is -1.93. The fourth-order valence-corrected chi connectivity index (χ4v) is 1.29. The summed E-state index contributed by atoms with van der Waals surface area (Å²) in [5, 5.41) is 32.4. The van der Waals surface area contributed by atoms with Gasteiger partial charge in [-0.3, -0.25) is 13.6 Å². The van der Waals surface area contributed by atoms with Gasteiger partial charge in [-0.25, -0.2) is 4.57 Å². The van der Waals surface area contributed by atoms with Gasteiger partial charge in [0, 0.05) is 21.3 Å². The topological polar surface area (TPSA) is 135 Å². The van der Waals surface area contributed by atoms with Crippen molar-refractivity contribution in [3.8, 4) is 11.5 Å². The summed E-state index contributed by atoms with van der Waals surface area (Å²) in [6.07, 6.45) is 0. The quantitative estimate of drug-likeness (QED) is 0.436. The Labute approximate surface area is 129 Å². The van der Waals surface area contributed by atoms with Crippen LogP contribution in [0.1, 0.15) is 0 Å². The molecule has 0 atom stereocenters. The fourth-order valence-electron chi connectivity index (χ4n) is 0.841. The van der Waals surface area contributed by atoms with Crippen molar-refractivity contribution in [2.45, 2.75) is 0 Å². The van der Waals surface area contributed by atoms with Gasteiger partial charge in [-0.1, -0.05) is 0 Å². The third kappa shape index (κ3) is 12.5. The van der Waals surface area contributed by atoms with Crippen LogP contribution in [0, 0.1) is 0 Å². The smallest absolute Gasteiger partial charge is 0.473 e. The van der Waals surface area contributed by atoms with Gasteiger partial charge in [0.05, 0.1) is 13.2 Å². The van der Waals surface area contributed by atoms with E-state index in [9.17, 15) is 4.57 Å². The minimum atomic E-state index is -3.16. The Balaban J connectivity index is 0. The largest absolute Gasteiger partial charge is 0.508 e. The summed E-state index contributed by atoms with van der Waals surface area (Å²) in [4.78, 5) is 0. The van der Waals surface area contributed by atoms with Crippen molar-refractivity contribution in [3.63, 3.8) is 0 Å². The van der Waals surface area contributed by atoms with Gasteiger partial charge in [-0.15, -0.1) is 0 Å². The molecule has 130 valence electrons. The molecule has 0 aliphatic rings. The van der Waals surface area contributed by atoms with Crippen molar-refractivity contribution in [1.82, 2.24) is 0 Å². The van der Waals surface area contributed by atoms with Crippen molar-refractivity contribution >= 4 is 7.82 Å². The molecular weight excluding hydrogens is 319 g/mol. The Morgan fingerprint density at radius 3 is 1.55 bits per heavy atom. The first-order chi connectivity index (χ1) is 10.4. The van der Waals surface area contributed by atoms with Crippen LogP contribution in [0.25, 0.3) is 0 Å². The van der Waals surface area contributed by atoms with E-state index in [1.165, 1.54) is 33.5 Å². The van der Waals surface area contributed by atoms with Gasteiger partial charge in [0.2, 0.25) is 0 Å². The van der Waals surface area contributed by atoms with Crippen LogP contribution in [0.2, 0.25) is 0 Å². The molecule has 1 aromatic rings. The van der Waals surface area contributed by atoms with Crippen LogP contribution in [-0.2, 0) is 18.1 Å². The number of phosphoric ester groups is 1. The highest BCUT2D eigenvalue weighted by molar-refractivity contribution is 7.48. The van der Waals surface area contributed by atoms with Crippen molar-refractivity contribution in [3.05, 3.63) is 24.3 Å². The second-order valence-electron chi connectivity index (χ2n) is 3.21. The number of phenols is 1. The first-order valence-electron chi connectivity index (χ1n) is 5.94. The second kappa shape index (κ2) is 14.7. The SMILES string of the molecule is COP(=O)(OC)OC.OCCO.OCOc1ccc(O)cc1. The fraction of sp³-hybridized carbons (Fsp3) is 0.500. The summed E-state index contributed by atoms with van der Waals surface area (Å²) in [5.74, 6) is 0.727. The number of phosphoric acid groups is 1. The van der Waals surface area contributed by atoms with E-state index in [0.29, 0.717) is 5.75 Å². The van der Waals surface area contributed by atoms with Crippen LogP contribution >= 0.6 is 7.82 Å². The molecule has 0 amide bonds. The summed E-state index contributed by atoms with van der Waals surface area (Å²) in [6, 6.07) is 6.13. The molecule has 10 heteroatoms. The third-order valence-corrected chi connectivity index (χ3v) is 3.18. The highest BCUT2D eigenvalue weighted by atomic mass is 31.2. The predicted molar refractivity (Wildman–Crippen MR) is 78.6 cm³/mol. The maximum atomic E-state index is 10.7. The van der Waals surface area contributed by atoms with Gasteiger partial charge in [0.1, 0.15) is 11.5 Å². The molecule has 0 unspecified atom stereocenters. The van der Waals surface area contributed by atoms with Gasteiger partial charge in [0.15, 0.2) is 6.79 Å². The number of aliphatic hydroxyl groups is 3. The molecule has 0 aliphatic heterocycles. The second-order valence-corrected chi connectivity index (χ2v) is 5.20. The standard InChI is InChI=1S/C7H8O3.C3H9O4P.C2H6O2/c8-5-10-7-3-1-6(9)2-4-7;1-5-8(4,6-2)7-3;3-1-2-4/h1-4,8-9H,5H2;1-3H3;3-4H,1-2H2. The van der Waals surface area contributed by atoms with E-state index < -0.39 is 7.82 Å². The zero-order chi connectivity index (χ0) is 17.4. The van der Waals surface area contributed by atoms with Gasteiger partial charge in [-0.2, -0.15) is 0 Å². The first kappa shape index (κ1) is 23.1.